The Bertz CT molecular complexity index is 723. The van der Waals surface area contributed by atoms with E-state index < -0.39 is 35.9 Å². The number of hydrogen-bond acceptors (Lipinski definition) is 3. The molecule has 0 fully saturated rings. The second-order valence-corrected chi connectivity index (χ2v) is 9.98. The molecule has 0 aliphatic heterocycles. The van der Waals surface area contributed by atoms with Gasteiger partial charge in [-0.15, -0.1) is 0 Å². The van der Waals surface area contributed by atoms with Gasteiger partial charge in [0.25, 0.3) is 0 Å². The summed E-state index contributed by atoms with van der Waals surface area (Å²) in [5.74, 6) is 0. The number of hydrogen-bond donors (Lipinski definition) is 0. The molecule has 0 aliphatic carbocycles. The molecule has 0 saturated carbocycles. The summed E-state index contributed by atoms with van der Waals surface area (Å²) in [6, 6.07) is 12.2. The Morgan fingerprint density at radius 2 is 1.65 bits per heavy atom. The molecule has 0 bridgehead atoms. The first-order valence-corrected chi connectivity index (χ1v) is 10.8. The molecule has 0 saturated heterocycles. The van der Waals surface area contributed by atoms with Crippen LogP contribution in [0.25, 0.3) is 10.8 Å². The van der Waals surface area contributed by atoms with Crippen molar-refractivity contribution in [2.75, 3.05) is 4.93 Å². The number of halogens is 4. The summed E-state index contributed by atoms with van der Waals surface area (Å²) in [5.41, 5.74) is -5.39. The third-order valence-electron chi connectivity index (χ3n) is 2.48. The van der Waals surface area contributed by atoms with Crippen LogP contribution in [0.4, 0.5) is 13.2 Å². The molecule has 20 heavy (non-hydrogen) atoms. The predicted molar refractivity (Wildman–Crippen MR) is 78.6 cm³/mol. The minimum absolute atomic E-state index is 0.542. The van der Waals surface area contributed by atoms with Crippen LogP contribution in [0.2, 0.25) is 0 Å². The third kappa shape index (κ3) is 3.07. The number of alkyl halides is 4. The van der Waals surface area contributed by atoms with Crippen molar-refractivity contribution < 1.29 is 24.1 Å². The molecule has 0 aliphatic rings. The molecule has 0 spiro atoms. The minimum atomic E-state index is -5.54. The first kappa shape index (κ1) is 15.5. The van der Waals surface area contributed by atoms with E-state index in [0.29, 0.717) is 3.57 Å². The average molecular weight is 418 g/mol. The van der Waals surface area contributed by atoms with E-state index in [1.54, 1.807) is 42.5 Å². The molecule has 0 amide bonds. The first-order chi connectivity index (χ1) is 9.22. The van der Waals surface area contributed by atoms with Crippen LogP contribution in [0.5, 0.6) is 0 Å². The molecule has 3 nitrogen and oxygen atoms in total. The molecular formula is C12H10F3IO3S. The fraction of sp³-hybridized carbons (Fsp3) is 0.167. The van der Waals surface area contributed by atoms with Gasteiger partial charge in [-0.25, -0.2) is 0 Å². The van der Waals surface area contributed by atoms with E-state index in [2.05, 4.69) is 2.51 Å². The topological polar surface area (TPSA) is 43.4 Å². The first-order valence-electron chi connectivity index (χ1n) is 5.31. The molecule has 2 aromatic carbocycles. The number of benzene rings is 2. The van der Waals surface area contributed by atoms with Gasteiger partial charge in [-0.2, -0.15) is 0 Å². The summed E-state index contributed by atoms with van der Waals surface area (Å²) in [4.78, 5) is 1.43. The fourth-order valence-electron chi connectivity index (χ4n) is 1.61. The standard InChI is InChI=1S/C12H10F3IO3S/c1-16(19-20(17,18)12(13,14)15)11-8-4-6-9-5-2-3-7-10(9)11/h2-8H,1H3. The Morgan fingerprint density at radius 1 is 1.05 bits per heavy atom. The van der Waals surface area contributed by atoms with Crippen LogP contribution in [0.15, 0.2) is 42.5 Å². The van der Waals surface area contributed by atoms with E-state index >= 15 is 0 Å². The molecule has 0 heterocycles. The van der Waals surface area contributed by atoms with Crippen molar-refractivity contribution >= 4 is 41.1 Å². The molecule has 0 aromatic heterocycles. The molecule has 2 aromatic rings. The molecule has 0 unspecified atom stereocenters. The second kappa shape index (κ2) is 5.49. The van der Waals surface area contributed by atoms with Gasteiger partial charge >= 0.3 is 122 Å². The van der Waals surface area contributed by atoms with Crippen molar-refractivity contribution in [3.05, 3.63) is 46.0 Å². The van der Waals surface area contributed by atoms with Gasteiger partial charge in [0, 0.05) is 0 Å². The van der Waals surface area contributed by atoms with E-state index in [9.17, 15) is 21.6 Å². The summed E-state index contributed by atoms with van der Waals surface area (Å²) in [6.45, 7) is 0. The second-order valence-electron chi connectivity index (χ2n) is 3.84. The summed E-state index contributed by atoms with van der Waals surface area (Å²) < 4.78 is 64.1. The third-order valence-corrected chi connectivity index (χ3v) is 9.02. The molecule has 2 rings (SSSR count). The zero-order valence-electron chi connectivity index (χ0n) is 10.2. The normalized spacial score (nSPS) is 13.5. The Labute approximate surface area is 121 Å². The molecule has 0 atom stereocenters. The number of fused-ring (bicyclic) bond motifs is 1. The molecule has 8 heteroatoms. The predicted octanol–water partition coefficient (Wildman–Crippen LogP) is 3.93. The van der Waals surface area contributed by atoms with E-state index in [1.807, 2.05) is 0 Å². The van der Waals surface area contributed by atoms with Crippen molar-refractivity contribution in [3.63, 3.8) is 0 Å². The van der Waals surface area contributed by atoms with Gasteiger partial charge in [0.2, 0.25) is 0 Å². The molecular weight excluding hydrogens is 408 g/mol. The van der Waals surface area contributed by atoms with E-state index in [1.165, 1.54) is 4.93 Å². The van der Waals surface area contributed by atoms with Crippen LogP contribution in [0, 0.1) is 3.57 Å². The Hall–Kier alpha value is -0.870. The van der Waals surface area contributed by atoms with Crippen LogP contribution in [-0.4, -0.2) is 18.9 Å². The Kier molecular flexibility index (Phi) is 4.26. The van der Waals surface area contributed by atoms with Gasteiger partial charge in [-0.3, -0.25) is 0 Å². The van der Waals surface area contributed by atoms with Gasteiger partial charge in [0.15, 0.2) is 0 Å². The Morgan fingerprint density at radius 3 is 2.30 bits per heavy atom. The number of rotatable bonds is 3. The van der Waals surface area contributed by atoms with Gasteiger partial charge in [0.05, 0.1) is 0 Å². The summed E-state index contributed by atoms with van der Waals surface area (Å²) >= 11 is -2.94. The summed E-state index contributed by atoms with van der Waals surface area (Å²) in [6.07, 6.45) is 0. The maximum absolute atomic E-state index is 12.3. The van der Waals surface area contributed by atoms with Crippen LogP contribution >= 0.6 is 20.2 Å². The zero-order valence-corrected chi connectivity index (χ0v) is 13.2. The zero-order chi connectivity index (χ0) is 15.0. The average Bonchev–Trinajstić information content (AvgIpc) is 2.36. The Balaban J connectivity index is 2.40. The van der Waals surface area contributed by atoms with Crippen molar-refractivity contribution in [3.8, 4) is 0 Å². The van der Waals surface area contributed by atoms with Crippen molar-refractivity contribution in [1.29, 1.82) is 0 Å². The quantitative estimate of drug-likeness (QED) is 0.431. The van der Waals surface area contributed by atoms with Gasteiger partial charge < -0.3 is 0 Å². The van der Waals surface area contributed by atoms with Gasteiger partial charge in [0.1, 0.15) is 0 Å². The van der Waals surface area contributed by atoms with Gasteiger partial charge in [-0.05, 0) is 0 Å². The monoisotopic (exact) mass is 418 g/mol. The van der Waals surface area contributed by atoms with E-state index in [-0.39, 0.29) is 0 Å². The van der Waals surface area contributed by atoms with E-state index in [0.717, 1.165) is 10.8 Å². The SMILES string of the molecule is CI(OS(=O)(=O)C(F)(F)F)c1cccc2ccccc12. The summed E-state index contributed by atoms with van der Waals surface area (Å²) in [5, 5.41) is 1.56. The van der Waals surface area contributed by atoms with Crippen LogP contribution in [0.3, 0.4) is 0 Å². The molecule has 0 radical (unpaired) electrons. The van der Waals surface area contributed by atoms with Crippen molar-refractivity contribution in [1.82, 2.24) is 0 Å². The van der Waals surface area contributed by atoms with Crippen LogP contribution in [-0.2, 0) is 12.6 Å². The van der Waals surface area contributed by atoms with E-state index in [4.69, 9.17) is 0 Å². The maximum atomic E-state index is 12.3. The van der Waals surface area contributed by atoms with Crippen LogP contribution in [0.1, 0.15) is 0 Å². The van der Waals surface area contributed by atoms with Gasteiger partial charge in [-0.1, -0.05) is 0 Å². The van der Waals surface area contributed by atoms with Crippen LogP contribution < -0.4 is 0 Å². The molecule has 110 valence electrons. The van der Waals surface area contributed by atoms with Crippen molar-refractivity contribution in [2.24, 2.45) is 0 Å². The molecule has 0 N–H and O–H groups in total. The summed E-state index contributed by atoms with van der Waals surface area (Å²) in [7, 11) is -5.54. The van der Waals surface area contributed by atoms with Crippen molar-refractivity contribution in [2.45, 2.75) is 5.51 Å². The fourth-order valence-corrected chi connectivity index (χ4v) is 7.35.